The summed E-state index contributed by atoms with van der Waals surface area (Å²) in [5.41, 5.74) is 11.4. The van der Waals surface area contributed by atoms with Gasteiger partial charge in [0.25, 0.3) is 0 Å². The molecule has 194 valence electrons. The van der Waals surface area contributed by atoms with Crippen molar-refractivity contribution in [3.05, 3.63) is 89.1 Å². The molecule has 1 aromatic carbocycles. The predicted octanol–water partition coefficient (Wildman–Crippen LogP) is 4.03. The Balaban J connectivity index is 1.27. The number of hydrogen-bond acceptors (Lipinski definition) is 7. The van der Waals surface area contributed by atoms with Crippen molar-refractivity contribution >= 4 is 40.4 Å². The maximum absolute atomic E-state index is 12.9. The maximum Gasteiger partial charge on any atom is 0.246 e. The number of carbonyl (C=O) groups is 2. The number of pyridine rings is 2. The molecule has 1 unspecified atom stereocenters. The Bertz CT molecular complexity index is 1510. The van der Waals surface area contributed by atoms with E-state index >= 15 is 0 Å². The lowest BCUT2D eigenvalue weighted by molar-refractivity contribution is -0.125. The number of hydrogen-bond donors (Lipinski definition) is 3. The molecular formula is C29H30N6O3. The van der Waals surface area contributed by atoms with E-state index in [4.69, 9.17) is 10.2 Å². The highest BCUT2D eigenvalue weighted by Gasteiger charge is 2.21. The van der Waals surface area contributed by atoms with Crippen molar-refractivity contribution in [2.75, 3.05) is 17.7 Å². The van der Waals surface area contributed by atoms with Crippen LogP contribution in [0.4, 0.5) is 11.5 Å². The first-order valence-electron chi connectivity index (χ1n) is 12.5. The highest BCUT2D eigenvalue weighted by molar-refractivity contribution is 5.95. The van der Waals surface area contributed by atoms with E-state index in [0.717, 1.165) is 44.7 Å². The van der Waals surface area contributed by atoms with Crippen molar-refractivity contribution in [3.63, 3.8) is 0 Å². The highest BCUT2D eigenvalue weighted by atomic mass is 16.3. The van der Waals surface area contributed by atoms with Crippen molar-refractivity contribution in [2.24, 2.45) is 5.73 Å². The summed E-state index contributed by atoms with van der Waals surface area (Å²) in [5.74, 6) is 0.887. The van der Waals surface area contributed by atoms with Gasteiger partial charge in [-0.15, -0.1) is 0 Å². The third kappa shape index (κ3) is 5.42. The second-order valence-corrected chi connectivity index (χ2v) is 9.47. The van der Waals surface area contributed by atoms with Crippen LogP contribution in [0.15, 0.2) is 65.5 Å². The van der Waals surface area contributed by atoms with Crippen LogP contribution >= 0.6 is 0 Å². The number of nitrogens with zero attached hydrogens (tertiary/aromatic N) is 3. The first-order valence-corrected chi connectivity index (χ1v) is 12.5. The van der Waals surface area contributed by atoms with Crippen molar-refractivity contribution in [1.82, 2.24) is 14.9 Å². The third-order valence-electron chi connectivity index (χ3n) is 6.75. The lowest BCUT2D eigenvalue weighted by atomic mass is 10.1. The number of nitrogens with two attached hydrogens (primary N) is 1. The van der Waals surface area contributed by atoms with Gasteiger partial charge in [0.05, 0.1) is 18.3 Å². The van der Waals surface area contributed by atoms with Crippen LogP contribution in [0.5, 0.6) is 0 Å². The van der Waals surface area contributed by atoms with Crippen LogP contribution in [-0.4, -0.2) is 39.8 Å². The summed E-state index contributed by atoms with van der Waals surface area (Å²) in [5, 5.41) is 7.21. The van der Waals surface area contributed by atoms with E-state index < -0.39 is 6.04 Å². The summed E-state index contributed by atoms with van der Waals surface area (Å²) in [6.45, 7) is 2.99. The second-order valence-electron chi connectivity index (χ2n) is 9.47. The summed E-state index contributed by atoms with van der Waals surface area (Å²) in [4.78, 5) is 34.9. The van der Waals surface area contributed by atoms with E-state index in [0.29, 0.717) is 31.7 Å². The normalized spacial score (nSPS) is 15.2. The fourth-order valence-corrected chi connectivity index (χ4v) is 4.56. The number of nitrogens with one attached hydrogen (secondary N) is 2. The second kappa shape index (κ2) is 10.9. The first kappa shape index (κ1) is 25.2. The molecule has 0 bridgehead atoms. The van der Waals surface area contributed by atoms with Crippen LogP contribution in [-0.2, 0) is 29.1 Å². The van der Waals surface area contributed by atoms with Gasteiger partial charge in [-0.2, -0.15) is 0 Å². The Morgan fingerprint density at radius 3 is 2.97 bits per heavy atom. The SMILES string of the molecule is Cc1c(CN(C)C(=O)C=Cc2cnc3c(c2)CCC(N)C(=O)N3)oc2cccc(CNc3cccnc3)c12. The summed E-state index contributed by atoms with van der Waals surface area (Å²) < 4.78 is 6.15. The average molecular weight is 511 g/mol. The van der Waals surface area contributed by atoms with Crippen LogP contribution in [0.2, 0.25) is 0 Å². The van der Waals surface area contributed by atoms with Crippen LogP contribution in [0.25, 0.3) is 17.0 Å². The Kier molecular flexibility index (Phi) is 7.19. The smallest absolute Gasteiger partial charge is 0.246 e. The molecule has 0 spiro atoms. The Morgan fingerprint density at radius 2 is 2.16 bits per heavy atom. The monoisotopic (exact) mass is 510 g/mol. The maximum atomic E-state index is 12.9. The number of benzene rings is 1. The highest BCUT2D eigenvalue weighted by Crippen LogP contribution is 2.30. The molecule has 4 aromatic rings. The quantitative estimate of drug-likeness (QED) is 0.321. The number of aromatic nitrogens is 2. The minimum Gasteiger partial charge on any atom is -0.459 e. The predicted molar refractivity (Wildman–Crippen MR) is 147 cm³/mol. The molecule has 5 rings (SSSR count). The van der Waals surface area contributed by atoms with Gasteiger partial charge in [-0.25, -0.2) is 4.98 Å². The van der Waals surface area contributed by atoms with Crippen molar-refractivity contribution < 1.29 is 14.0 Å². The summed E-state index contributed by atoms with van der Waals surface area (Å²) in [6, 6.07) is 11.2. The van der Waals surface area contributed by atoms with Crippen molar-refractivity contribution in [2.45, 2.75) is 38.9 Å². The van der Waals surface area contributed by atoms with Crippen LogP contribution in [0.1, 0.15) is 34.4 Å². The summed E-state index contributed by atoms with van der Waals surface area (Å²) >= 11 is 0. The standard InChI is InChI=1S/C29H30N6O3/c1-18-25(38-24-7-3-5-21(27(18)24)15-32-22-6-4-12-31-16-22)17-35(2)26(36)11-8-19-13-20-9-10-23(30)29(37)34-28(20)33-14-19/h3-8,11-14,16,23,32H,9-10,15,17,30H2,1-2H3,(H,33,34,37). The minimum atomic E-state index is -0.548. The Morgan fingerprint density at radius 1 is 1.29 bits per heavy atom. The molecule has 1 atom stereocenters. The molecule has 0 fully saturated rings. The van der Waals surface area contributed by atoms with Gasteiger partial charge in [0, 0.05) is 49.2 Å². The van der Waals surface area contributed by atoms with Gasteiger partial charge >= 0.3 is 0 Å². The van der Waals surface area contributed by atoms with E-state index in [2.05, 4.69) is 26.7 Å². The zero-order valence-corrected chi connectivity index (χ0v) is 21.4. The third-order valence-corrected chi connectivity index (χ3v) is 6.75. The topological polar surface area (TPSA) is 126 Å². The molecule has 0 aliphatic carbocycles. The number of anilines is 2. The van der Waals surface area contributed by atoms with E-state index in [9.17, 15) is 9.59 Å². The van der Waals surface area contributed by atoms with E-state index in [1.807, 2.05) is 37.3 Å². The van der Waals surface area contributed by atoms with Crippen LogP contribution < -0.4 is 16.4 Å². The van der Waals surface area contributed by atoms with Gasteiger partial charge in [0.2, 0.25) is 11.8 Å². The number of likely N-dealkylation sites (N-methyl/N-ethyl adjacent to an activating group) is 1. The molecule has 0 radical (unpaired) electrons. The van der Waals surface area contributed by atoms with Gasteiger partial charge < -0.3 is 25.7 Å². The number of amides is 2. The summed E-state index contributed by atoms with van der Waals surface area (Å²) in [6.07, 6.45) is 9.60. The molecule has 9 heteroatoms. The lowest BCUT2D eigenvalue weighted by Crippen LogP contribution is -2.34. The van der Waals surface area contributed by atoms with Gasteiger partial charge in [-0.05, 0) is 66.8 Å². The molecule has 1 aliphatic heterocycles. The molecule has 2 amide bonds. The van der Waals surface area contributed by atoms with Gasteiger partial charge in [0.15, 0.2) is 0 Å². The average Bonchev–Trinajstić information content (AvgIpc) is 3.17. The molecule has 38 heavy (non-hydrogen) atoms. The molecular weight excluding hydrogens is 480 g/mol. The number of carbonyl (C=O) groups excluding carboxylic acids is 2. The molecule has 3 aromatic heterocycles. The largest absolute Gasteiger partial charge is 0.459 e. The van der Waals surface area contributed by atoms with Crippen molar-refractivity contribution in [1.29, 1.82) is 0 Å². The fourth-order valence-electron chi connectivity index (χ4n) is 4.56. The Hall–Kier alpha value is -4.50. The van der Waals surface area contributed by atoms with E-state index in [-0.39, 0.29) is 11.8 Å². The van der Waals surface area contributed by atoms with E-state index in [1.165, 1.54) is 6.08 Å². The number of furan rings is 1. The molecule has 4 heterocycles. The van der Waals surface area contributed by atoms with Crippen LogP contribution in [0.3, 0.4) is 0 Å². The Labute approximate surface area is 220 Å². The minimum absolute atomic E-state index is 0.159. The lowest BCUT2D eigenvalue weighted by Gasteiger charge is -2.14. The molecule has 9 nitrogen and oxygen atoms in total. The number of fused-ring (bicyclic) bond motifs is 2. The van der Waals surface area contributed by atoms with Crippen molar-refractivity contribution in [3.8, 4) is 0 Å². The number of aryl methyl sites for hydroxylation is 2. The molecule has 0 saturated carbocycles. The molecule has 1 aliphatic rings. The van der Waals surface area contributed by atoms with Gasteiger partial charge in [-0.1, -0.05) is 12.1 Å². The zero-order valence-electron chi connectivity index (χ0n) is 21.4. The fraction of sp³-hybridized carbons (Fsp3) is 0.241. The first-order chi connectivity index (χ1) is 18.4. The summed E-state index contributed by atoms with van der Waals surface area (Å²) in [7, 11) is 1.75. The molecule has 4 N–H and O–H groups in total. The number of rotatable bonds is 7. The van der Waals surface area contributed by atoms with E-state index in [1.54, 1.807) is 36.6 Å². The van der Waals surface area contributed by atoms with Crippen LogP contribution in [0, 0.1) is 6.92 Å². The molecule has 0 saturated heterocycles. The van der Waals surface area contributed by atoms with Gasteiger partial charge in [-0.3, -0.25) is 14.6 Å². The zero-order chi connectivity index (χ0) is 26.6. The van der Waals surface area contributed by atoms with Gasteiger partial charge in [0.1, 0.15) is 17.2 Å².